The van der Waals surface area contributed by atoms with Crippen molar-refractivity contribution in [1.29, 1.82) is 0 Å². The predicted octanol–water partition coefficient (Wildman–Crippen LogP) is 3.25. The summed E-state index contributed by atoms with van der Waals surface area (Å²) < 4.78 is 0. The quantitative estimate of drug-likeness (QED) is 0.809. The Morgan fingerprint density at radius 2 is 2.25 bits per heavy atom. The molecule has 1 aliphatic heterocycles. The number of nitrogens with zero attached hydrogens (tertiary/aromatic N) is 1. The average molecular weight is 236 g/mol. The fraction of sp³-hybridized carbons (Fsp3) is 0.769. The molecule has 1 fully saturated rings. The topological polar surface area (TPSA) is 24.9 Å². The maximum Gasteiger partial charge on any atom is 0.110 e. The first-order valence-electron chi connectivity index (χ1n) is 6.47. The Bertz CT molecular complexity index is 379. The maximum atomic E-state index is 4.89. The number of thiazole rings is 1. The molecule has 1 saturated heterocycles. The van der Waals surface area contributed by atoms with Crippen molar-refractivity contribution in [2.45, 2.75) is 51.5 Å². The van der Waals surface area contributed by atoms with E-state index in [1.165, 1.54) is 42.9 Å². The second-order valence-corrected chi connectivity index (χ2v) is 6.52. The minimum atomic E-state index is 0.554. The molecular weight excluding hydrogens is 216 g/mol. The highest BCUT2D eigenvalue weighted by Gasteiger charge is 2.28. The van der Waals surface area contributed by atoms with Gasteiger partial charge in [0.25, 0.3) is 0 Å². The normalized spacial score (nSPS) is 34.0. The molecule has 3 rings (SSSR count). The lowest BCUT2D eigenvalue weighted by molar-refractivity contribution is 0.449. The zero-order valence-corrected chi connectivity index (χ0v) is 10.9. The summed E-state index contributed by atoms with van der Waals surface area (Å²) in [5, 5.41) is 4.91. The first kappa shape index (κ1) is 10.7. The molecule has 1 aliphatic carbocycles. The number of fused-ring (bicyclic) bond motifs is 1. The van der Waals surface area contributed by atoms with Gasteiger partial charge in [-0.05, 0) is 44.1 Å². The lowest BCUT2D eigenvalue weighted by Gasteiger charge is -2.22. The van der Waals surface area contributed by atoms with E-state index < -0.39 is 0 Å². The molecule has 1 N–H and O–H groups in total. The zero-order chi connectivity index (χ0) is 11.1. The average Bonchev–Trinajstić information content (AvgIpc) is 2.82. The van der Waals surface area contributed by atoms with E-state index in [1.54, 1.807) is 4.88 Å². The molecule has 3 atom stereocenters. The molecule has 0 radical (unpaired) electrons. The fourth-order valence-corrected chi connectivity index (χ4v) is 4.35. The van der Waals surface area contributed by atoms with Crippen LogP contribution in [0.2, 0.25) is 0 Å². The van der Waals surface area contributed by atoms with E-state index in [2.05, 4.69) is 19.2 Å². The molecule has 2 heterocycles. The van der Waals surface area contributed by atoms with Crippen molar-refractivity contribution >= 4 is 11.3 Å². The van der Waals surface area contributed by atoms with Gasteiger partial charge in [0, 0.05) is 4.88 Å². The van der Waals surface area contributed by atoms with Gasteiger partial charge in [-0.25, -0.2) is 4.98 Å². The van der Waals surface area contributed by atoms with Crippen molar-refractivity contribution in [1.82, 2.24) is 10.3 Å². The van der Waals surface area contributed by atoms with Gasteiger partial charge in [0.2, 0.25) is 0 Å². The molecule has 3 unspecified atom stereocenters. The van der Waals surface area contributed by atoms with Crippen LogP contribution in [0.1, 0.15) is 60.6 Å². The van der Waals surface area contributed by atoms with E-state index in [1.807, 2.05) is 11.3 Å². The molecule has 0 bridgehead atoms. The van der Waals surface area contributed by atoms with Crippen molar-refractivity contribution in [3.8, 4) is 0 Å². The summed E-state index contributed by atoms with van der Waals surface area (Å²) in [6.07, 6.45) is 5.12. The highest BCUT2D eigenvalue weighted by molar-refractivity contribution is 7.12. The van der Waals surface area contributed by atoms with E-state index in [-0.39, 0.29) is 0 Å². The predicted molar refractivity (Wildman–Crippen MR) is 68.0 cm³/mol. The van der Waals surface area contributed by atoms with Gasteiger partial charge in [-0.1, -0.05) is 13.8 Å². The smallest absolute Gasteiger partial charge is 0.110 e. The van der Waals surface area contributed by atoms with E-state index in [9.17, 15) is 0 Å². The third kappa shape index (κ3) is 1.80. The number of hydrogen-bond acceptors (Lipinski definition) is 3. The number of aromatic nitrogens is 1. The minimum Gasteiger partial charge on any atom is -0.308 e. The van der Waals surface area contributed by atoms with E-state index in [0.717, 1.165) is 11.8 Å². The molecule has 88 valence electrons. The molecule has 1 aromatic rings. The summed E-state index contributed by atoms with van der Waals surface area (Å²) >= 11 is 1.97. The highest BCUT2D eigenvalue weighted by atomic mass is 32.1. The number of nitrogens with one attached hydrogen (secondary N) is 1. The Hall–Kier alpha value is -0.410. The first-order valence-corrected chi connectivity index (χ1v) is 7.28. The van der Waals surface area contributed by atoms with Gasteiger partial charge >= 0.3 is 0 Å². The van der Waals surface area contributed by atoms with Gasteiger partial charge in [-0.3, -0.25) is 0 Å². The second-order valence-electron chi connectivity index (χ2n) is 5.46. The van der Waals surface area contributed by atoms with Gasteiger partial charge in [0.15, 0.2) is 0 Å². The molecule has 0 amide bonds. The van der Waals surface area contributed by atoms with Crippen LogP contribution >= 0.6 is 11.3 Å². The lowest BCUT2D eigenvalue weighted by atomic mass is 9.86. The Kier molecular flexibility index (Phi) is 2.76. The third-order valence-electron chi connectivity index (χ3n) is 3.85. The van der Waals surface area contributed by atoms with Crippen molar-refractivity contribution < 1.29 is 0 Å². The Labute approximate surface area is 101 Å². The van der Waals surface area contributed by atoms with Crippen LogP contribution in [-0.4, -0.2) is 11.5 Å². The van der Waals surface area contributed by atoms with E-state index in [0.29, 0.717) is 6.04 Å². The monoisotopic (exact) mass is 236 g/mol. The summed E-state index contributed by atoms with van der Waals surface area (Å²) in [6, 6.07) is 0.554. The minimum absolute atomic E-state index is 0.554. The van der Waals surface area contributed by atoms with Gasteiger partial charge < -0.3 is 5.32 Å². The fourth-order valence-electron chi connectivity index (χ4n) is 3.08. The molecule has 3 heteroatoms. The molecule has 0 spiro atoms. The van der Waals surface area contributed by atoms with Crippen LogP contribution in [-0.2, 0) is 6.42 Å². The van der Waals surface area contributed by atoms with Crippen molar-refractivity contribution in [3.63, 3.8) is 0 Å². The molecular formula is C13H20N2S. The van der Waals surface area contributed by atoms with Crippen LogP contribution in [0, 0.1) is 5.92 Å². The van der Waals surface area contributed by atoms with Crippen LogP contribution in [0.25, 0.3) is 0 Å². The summed E-state index contributed by atoms with van der Waals surface area (Å²) in [5.74, 6) is 1.54. The molecule has 16 heavy (non-hydrogen) atoms. The standard InChI is InChI=1S/C13H20N2S/c1-8-6-9(2)12-11(7-8)15-13(16-12)10-4-3-5-14-10/h8-10,14H,3-7H2,1-2H3. The van der Waals surface area contributed by atoms with Crippen LogP contribution in [0.3, 0.4) is 0 Å². The number of hydrogen-bond donors (Lipinski definition) is 1. The van der Waals surface area contributed by atoms with Crippen LogP contribution in [0.5, 0.6) is 0 Å². The first-order chi connectivity index (χ1) is 7.74. The molecule has 2 aliphatic rings. The Morgan fingerprint density at radius 3 is 3.00 bits per heavy atom. The van der Waals surface area contributed by atoms with E-state index >= 15 is 0 Å². The number of rotatable bonds is 1. The summed E-state index contributed by atoms with van der Waals surface area (Å²) in [5.41, 5.74) is 1.40. The second kappa shape index (κ2) is 4.11. The van der Waals surface area contributed by atoms with Gasteiger partial charge in [-0.2, -0.15) is 0 Å². The Balaban J connectivity index is 1.90. The highest BCUT2D eigenvalue weighted by Crippen LogP contribution is 2.40. The SMILES string of the molecule is CC1Cc2nc(C3CCCN3)sc2C(C)C1. The van der Waals surface area contributed by atoms with Crippen LogP contribution < -0.4 is 5.32 Å². The van der Waals surface area contributed by atoms with E-state index in [4.69, 9.17) is 4.98 Å². The van der Waals surface area contributed by atoms with Gasteiger partial charge in [0.05, 0.1) is 11.7 Å². The largest absolute Gasteiger partial charge is 0.308 e. The van der Waals surface area contributed by atoms with Gasteiger partial charge in [-0.15, -0.1) is 11.3 Å². The summed E-state index contributed by atoms with van der Waals surface area (Å²) in [7, 11) is 0. The Morgan fingerprint density at radius 1 is 1.38 bits per heavy atom. The van der Waals surface area contributed by atoms with Crippen molar-refractivity contribution in [2.75, 3.05) is 6.54 Å². The van der Waals surface area contributed by atoms with Crippen LogP contribution in [0.15, 0.2) is 0 Å². The molecule has 1 aromatic heterocycles. The van der Waals surface area contributed by atoms with Crippen molar-refractivity contribution in [3.05, 3.63) is 15.6 Å². The summed E-state index contributed by atoms with van der Waals surface area (Å²) in [6.45, 7) is 5.88. The molecule has 2 nitrogen and oxygen atoms in total. The zero-order valence-electron chi connectivity index (χ0n) is 10.1. The van der Waals surface area contributed by atoms with Crippen molar-refractivity contribution in [2.24, 2.45) is 5.92 Å². The summed E-state index contributed by atoms with van der Waals surface area (Å²) in [4.78, 5) is 6.46. The maximum absolute atomic E-state index is 4.89. The molecule has 0 saturated carbocycles. The molecule has 0 aromatic carbocycles. The van der Waals surface area contributed by atoms with Gasteiger partial charge in [0.1, 0.15) is 5.01 Å². The van der Waals surface area contributed by atoms with Crippen LogP contribution in [0.4, 0.5) is 0 Å². The lowest BCUT2D eigenvalue weighted by Crippen LogP contribution is -2.14. The third-order valence-corrected chi connectivity index (χ3v) is 5.29.